The van der Waals surface area contributed by atoms with E-state index < -0.39 is 48.5 Å². The number of aryl methyl sites for hydroxylation is 1. The van der Waals surface area contributed by atoms with Gasteiger partial charge in [-0.05, 0) is 36.9 Å². The average molecular weight is 522 g/mol. The average Bonchev–Trinajstić information content (AvgIpc) is 3.22. The maximum absolute atomic E-state index is 14.3. The van der Waals surface area contributed by atoms with Crippen molar-refractivity contribution in [3.8, 4) is 0 Å². The molecule has 36 heavy (non-hydrogen) atoms. The molecule has 2 aliphatic carbocycles. The van der Waals surface area contributed by atoms with E-state index in [0.717, 1.165) is 6.42 Å². The number of aliphatic hydroxyl groups is 3. The van der Waals surface area contributed by atoms with Gasteiger partial charge in [-0.3, -0.25) is 0 Å². The van der Waals surface area contributed by atoms with Gasteiger partial charge < -0.3 is 25.4 Å². The summed E-state index contributed by atoms with van der Waals surface area (Å²) in [7, 11) is 0. The molecular formula is C24H31FN6O4S. The summed E-state index contributed by atoms with van der Waals surface area (Å²) in [5.41, 5.74) is 1.09. The molecule has 3 aromatic rings. The zero-order valence-electron chi connectivity index (χ0n) is 22.9. The minimum absolute atomic E-state index is 0.0104. The van der Waals surface area contributed by atoms with Crippen LogP contribution in [0.15, 0.2) is 23.4 Å². The number of ether oxygens (including phenoxy) is 1. The number of aliphatic hydroxyl groups excluding tert-OH is 3. The van der Waals surface area contributed by atoms with E-state index >= 15 is 0 Å². The lowest BCUT2D eigenvalue weighted by Gasteiger charge is -2.17. The minimum Gasteiger partial charge on any atom is -0.394 e. The van der Waals surface area contributed by atoms with Gasteiger partial charge in [0, 0.05) is 28.2 Å². The van der Waals surface area contributed by atoms with Crippen molar-refractivity contribution < 1.29 is 28.6 Å². The maximum Gasteiger partial charge on any atom is 0.191 e. The number of nitrogens with one attached hydrogen (secondary N) is 1. The molecule has 2 aromatic heterocycles. The second-order valence-electron chi connectivity index (χ2n) is 8.93. The third-order valence-electron chi connectivity index (χ3n) is 6.34. The van der Waals surface area contributed by atoms with Crippen molar-refractivity contribution in [2.75, 3.05) is 24.3 Å². The lowest BCUT2D eigenvalue weighted by atomic mass is 10.1. The summed E-state index contributed by atoms with van der Waals surface area (Å²) in [6.07, 6.45) is -4.14. The Bertz CT molecular complexity index is 1370. The molecule has 0 saturated heterocycles. The van der Waals surface area contributed by atoms with E-state index in [4.69, 9.17) is 14.0 Å². The van der Waals surface area contributed by atoms with Crippen molar-refractivity contribution in [1.82, 2.24) is 25.0 Å². The molecule has 6 atom stereocenters. The summed E-state index contributed by atoms with van der Waals surface area (Å²) in [6.45, 7) is 3.40. The van der Waals surface area contributed by atoms with Crippen molar-refractivity contribution in [3.05, 3.63) is 35.1 Å². The molecule has 2 aliphatic rings. The standard InChI is InChI=1S/C24H31FN6O4S/c1-3-8-36-24-27-22(26-16-10-14(16)13-5-4-12(2)15(25)9-13)19-23(28-24)31(30-29-19)17-11-18(35-7-6-32)21(34)20(17)33/h4-5,9,14,16-18,20-21,32-34H,3,6-8,10-11H2,1-2H3,(H,26,27,28)/t14-,16+,17+,18-,20-,21+/m0/s1/i10D2,14D. The van der Waals surface area contributed by atoms with E-state index in [-0.39, 0.29) is 42.2 Å². The highest BCUT2D eigenvalue weighted by molar-refractivity contribution is 7.99. The minimum atomic E-state index is -2.04. The van der Waals surface area contributed by atoms with Gasteiger partial charge in [-0.15, -0.1) is 5.10 Å². The third kappa shape index (κ3) is 4.92. The molecule has 0 amide bonds. The van der Waals surface area contributed by atoms with Gasteiger partial charge in [0.25, 0.3) is 0 Å². The van der Waals surface area contributed by atoms with Gasteiger partial charge in [-0.2, -0.15) is 0 Å². The van der Waals surface area contributed by atoms with Crippen molar-refractivity contribution in [2.45, 2.75) is 74.5 Å². The van der Waals surface area contributed by atoms with E-state index in [2.05, 4.69) is 25.6 Å². The topological polar surface area (TPSA) is 138 Å². The van der Waals surface area contributed by atoms with Crippen LogP contribution in [-0.4, -0.2) is 83.6 Å². The fraction of sp³-hybridized carbons (Fsp3) is 0.583. The second kappa shape index (κ2) is 10.5. The number of fused-ring (bicyclic) bond motifs is 1. The summed E-state index contributed by atoms with van der Waals surface area (Å²) < 4.78 is 47.1. The Morgan fingerprint density at radius 1 is 1.33 bits per heavy atom. The first kappa shape index (κ1) is 21.7. The van der Waals surface area contributed by atoms with Crippen LogP contribution in [0.5, 0.6) is 0 Å². The predicted octanol–water partition coefficient (Wildman–Crippen LogP) is 2.18. The Balaban J connectivity index is 1.51. The molecule has 0 radical (unpaired) electrons. The van der Waals surface area contributed by atoms with Crippen LogP contribution >= 0.6 is 11.8 Å². The molecule has 4 N–H and O–H groups in total. The quantitative estimate of drug-likeness (QED) is 0.232. The smallest absolute Gasteiger partial charge is 0.191 e. The molecule has 10 nitrogen and oxygen atoms in total. The van der Waals surface area contributed by atoms with E-state index in [1.54, 1.807) is 13.0 Å². The summed E-state index contributed by atoms with van der Waals surface area (Å²) in [5, 5.41) is 42.1. The molecule has 2 heterocycles. The molecule has 12 heteroatoms. The Hall–Kier alpha value is -2.38. The van der Waals surface area contributed by atoms with Crippen molar-refractivity contribution in [2.24, 2.45) is 0 Å². The van der Waals surface area contributed by atoms with Gasteiger partial charge >= 0.3 is 0 Å². The molecule has 2 saturated carbocycles. The number of anilines is 1. The number of hydrogen-bond acceptors (Lipinski definition) is 10. The largest absolute Gasteiger partial charge is 0.394 e. The molecule has 0 aliphatic heterocycles. The summed E-state index contributed by atoms with van der Waals surface area (Å²) >= 11 is 1.38. The number of benzene rings is 1. The van der Waals surface area contributed by atoms with Crippen LogP contribution in [0.2, 0.25) is 0 Å². The normalized spacial score (nSPS) is 32.3. The summed E-state index contributed by atoms with van der Waals surface area (Å²) in [4.78, 5) is 9.13. The van der Waals surface area contributed by atoms with Crippen LogP contribution in [0, 0.1) is 12.7 Å². The number of aromatic nitrogens is 5. The summed E-state index contributed by atoms with van der Waals surface area (Å²) in [5.74, 6) is -1.40. The number of halogens is 1. The highest BCUT2D eigenvalue weighted by Gasteiger charge is 2.45. The highest BCUT2D eigenvalue weighted by atomic mass is 32.2. The maximum atomic E-state index is 14.3. The van der Waals surface area contributed by atoms with Crippen LogP contribution in [0.3, 0.4) is 0 Å². The molecular weight excluding hydrogens is 487 g/mol. The Labute approximate surface area is 216 Å². The van der Waals surface area contributed by atoms with E-state index in [9.17, 15) is 14.6 Å². The lowest BCUT2D eigenvalue weighted by molar-refractivity contribution is -0.0629. The highest BCUT2D eigenvalue weighted by Crippen LogP contribution is 2.44. The Morgan fingerprint density at radius 3 is 2.92 bits per heavy atom. The molecule has 2 fully saturated rings. The Morgan fingerprint density at radius 2 is 2.17 bits per heavy atom. The van der Waals surface area contributed by atoms with Gasteiger partial charge in [0.15, 0.2) is 22.1 Å². The van der Waals surface area contributed by atoms with E-state index in [1.165, 1.54) is 28.6 Å². The van der Waals surface area contributed by atoms with Crippen LogP contribution < -0.4 is 5.32 Å². The van der Waals surface area contributed by atoms with Gasteiger partial charge in [0.2, 0.25) is 0 Å². The molecule has 0 spiro atoms. The van der Waals surface area contributed by atoms with Crippen LogP contribution in [0.1, 0.15) is 53.3 Å². The SMILES string of the molecule is [2H]C1([2H])[C@@H](Nc2nc(SCCC)nc3c2nnn3[C@@H]2C[C@H](OCCO)[C@@H](O)[C@H]2O)[C@]1([2H])c1ccc(C)c(F)c1. The zero-order valence-corrected chi connectivity index (χ0v) is 20.7. The zero-order chi connectivity index (χ0) is 28.1. The van der Waals surface area contributed by atoms with Gasteiger partial charge in [-0.1, -0.05) is 36.0 Å². The van der Waals surface area contributed by atoms with Crippen LogP contribution in [0.4, 0.5) is 10.2 Å². The van der Waals surface area contributed by atoms with Crippen molar-refractivity contribution in [1.29, 1.82) is 0 Å². The first-order valence-corrected chi connectivity index (χ1v) is 12.9. The summed E-state index contributed by atoms with van der Waals surface area (Å²) in [6, 6.07) is 2.49. The molecule has 0 bridgehead atoms. The molecule has 0 unspecified atom stereocenters. The Kier molecular flexibility index (Phi) is 6.35. The van der Waals surface area contributed by atoms with E-state index in [0.29, 0.717) is 16.5 Å². The van der Waals surface area contributed by atoms with Crippen LogP contribution in [0.25, 0.3) is 11.2 Å². The van der Waals surface area contributed by atoms with Gasteiger partial charge in [0.05, 0.1) is 25.4 Å². The van der Waals surface area contributed by atoms with Crippen LogP contribution in [-0.2, 0) is 4.74 Å². The second-order valence-corrected chi connectivity index (χ2v) is 9.99. The number of nitrogens with zero attached hydrogens (tertiary/aromatic N) is 5. The molecule has 5 rings (SSSR count). The number of thioether (sulfide) groups is 1. The lowest BCUT2D eigenvalue weighted by Crippen LogP contribution is -2.33. The van der Waals surface area contributed by atoms with Crippen molar-refractivity contribution in [3.63, 3.8) is 0 Å². The number of rotatable bonds is 10. The fourth-order valence-electron chi connectivity index (χ4n) is 4.34. The third-order valence-corrected chi connectivity index (χ3v) is 7.40. The van der Waals surface area contributed by atoms with Crippen molar-refractivity contribution >= 4 is 28.7 Å². The molecule has 1 aromatic carbocycles. The molecule has 194 valence electrons. The monoisotopic (exact) mass is 521 g/mol. The van der Waals surface area contributed by atoms with E-state index in [1.807, 2.05) is 6.92 Å². The fourth-order valence-corrected chi connectivity index (χ4v) is 5.03. The number of hydrogen-bond donors (Lipinski definition) is 4. The first-order chi connectivity index (χ1) is 18.5. The van der Waals surface area contributed by atoms with Gasteiger partial charge in [0.1, 0.15) is 18.0 Å². The van der Waals surface area contributed by atoms with Gasteiger partial charge in [-0.25, -0.2) is 19.0 Å². The predicted molar refractivity (Wildman–Crippen MR) is 133 cm³/mol. The first-order valence-electron chi connectivity index (χ1n) is 13.4.